The quantitative estimate of drug-likeness (QED) is 0.786. The van der Waals surface area contributed by atoms with E-state index < -0.39 is 5.97 Å². The zero-order valence-corrected chi connectivity index (χ0v) is 11.8. The van der Waals surface area contributed by atoms with Gasteiger partial charge in [0.1, 0.15) is 6.54 Å². The topological polar surface area (TPSA) is 69.6 Å². The molecule has 0 bridgehead atoms. The number of piperidine rings is 1. The van der Waals surface area contributed by atoms with Gasteiger partial charge in [-0.05, 0) is 37.8 Å². The van der Waals surface area contributed by atoms with Crippen LogP contribution in [0.1, 0.15) is 26.7 Å². The molecule has 5 nitrogen and oxygen atoms in total. The first-order valence-electron chi connectivity index (χ1n) is 6.20. The van der Waals surface area contributed by atoms with Gasteiger partial charge in [-0.2, -0.15) is 0 Å². The lowest BCUT2D eigenvalue weighted by atomic mass is 9.87. The van der Waals surface area contributed by atoms with Crippen LogP contribution >= 0.6 is 12.4 Å². The third-order valence-corrected chi connectivity index (χ3v) is 3.38. The van der Waals surface area contributed by atoms with Crippen LogP contribution in [0.25, 0.3) is 0 Å². The summed E-state index contributed by atoms with van der Waals surface area (Å²) < 4.78 is 0. The van der Waals surface area contributed by atoms with Crippen LogP contribution in [0, 0.1) is 11.8 Å². The van der Waals surface area contributed by atoms with Crippen LogP contribution in [0.15, 0.2) is 0 Å². The highest BCUT2D eigenvalue weighted by Crippen LogP contribution is 2.23. The molecule has 0 aromatic carbocycles. The van der Waals surface area contributed by atoms with E-state index in [1.54, 1.807) is 0 Å². The highest BCUT2D eigenvalue weighted by Gasteiger charge is 2.22. The number of likely N-dealkylation sites (tertiary alicyclic amines) is 1. The number of carboxylic acid groups (broad SMARTS) is 1. The molecule has 1 aliphatic heterocycles. The molecule has 106 valence electrons. The van der Waals surface area contributed by atoms with Crippen molar-refractivity contribution >= 4 is 24.3 Å². The zero-order valence-electron chi connectivity index (χ0n) is 11.0. The lowest BCUT2D eigenvalue weighted by molar-refractivity contribution is -0.138. The molecular weight excluding hydrogens is 256 g/mol. The summed E-state index contributed by atoms with van der Waals surface area (Å²) in [6.07, 6.45) is 2.26. The van der Waals surface area contributed by atoms with E-state index in [2.05, 4.69) is 24.1 Å². The van der Waals surface area contributed by atoms with Crippen LogP contribution in [-0.4, -0.2) is 48.1 Å². The van der Waals surface area contributed by atoms with Crippen molar-refractivity contribution < 1.29 is 14.7 Å². The van der Waals surface area contributed by atoms with Gasteiger partial charge in [0.2, 0.25) is 5.91 Å². The van der Waals surface area contributed by atoms with E-state index in [0.717, 1.165) is 31.8 Å². The molecule has 0 unspecified atom stereocenters. The summed E-state index contributed by atoms with van der Waals surface area (Å²) in [6, 6.07) is 0. The van der Waals surface area contributed by atoms with E-state index in [4.69, 9.17) is 5.11 Å². The third-order valence-electron chi connectivity index (χ3n) is 3.38. The predicted octanol–water partition coefficient (Wildman–Crippen LogP) is 0.977. The molecule has 1 saturated heterocycles. The van der Waals surface area contributed by atoms with Crippen molar-refractivity contribution in [2.24, 2.45) is 11.8 Å². The third kappa shape index (κ3) is 6.21. The van der Waals surface area contributed by atoms with Crippen LogP contribution in [0.2, 0.25) is 0 Å². The zero-order chi connectivity index (χ0) is 12.8. The molecule has 1 aliphatic rings. The van der Waals surface area contributed by atoms with Crippen LogP contribution in [-0.2, 0) is 9.59 Å². The summed E-state index contributed by atoms with van der Waals surface area (Å²) in [5, 5.41) is 10.8. The van der Waals surface area contributed by atoms with Crippen LogP contribution < -0.4 is 5.32 Å². The van der Waals surface area contributed by atoms with Crippen molar-refractivity contribution in [3.63, 3.8) is 0 Å². The maximum atomic E-state index is 11.4. The number of carbonyl (C=O) groups is 2. The van der Waals surface area contributed by atoms with Gasteiger partial charge in [-0.15, -0.1) is 12.4 Å². The number of hydrogen-bond donors (Lipinski definition) is 2. The van der Waals surface area contributed by atoms with Gasteiger partial charge in [0.25, 0.3) is 0 Å². The average Bonchev–Trinajstić information content (AvgIpc) is 2.27. The molecule has 0 saturated carbocycles. The molecule has 1 heterocycles. The first kappa shape index (κ1) is 17.2. The van der Waals surface area contributed by atoms with Gasteiger partial charge in [-0.25, -0.2) is 0 Å². The summed E-state index contributed by atoms with van der Waals surface area (Å²) in [7, 11) is 0. The normalized spacial score (nSPS) is 17.3. The van der Waals surface area contributed by atoms with Gasteiger partial charge >= 0.3 is 5.97 Å². The molecule has 0 radical (unpaired) electrons. The first-order chi connectivity index (χ1) is 7.99. The number of aliphatic carboxylic acids is 1. The fourth-order valence-corrected chi connectivity index (χ4v) is 2.21. The fourth-order valence-electron chi connectivity index (χ4n) is 2.21. The van der Waals surface area contributed by atoms with E-state index in [0.29, 0.717) is 12.5 Å². The molecule has 0 atom stereocenters. The largest absolute Gasteiger partial charge is 0.480 e. The van der Waals surface area contributed by atoms with Gasteiger partial charge in [0, 0.05) is 0 Å². The SMILES string of the molecule is CC(C)C1CCN(CC(=O)NCC(=O)O)CC1.Cl. The average molecular weight is 279 g/mol. The van der Waals surface area contributed by atoms with Gasteiger partial charge in [-0.1, -0.05) is 13.8 Å². The Morgan fingerprint density at radius 2 is 1.89 bits per heavy atom. The number of halogens is 1. The molecule has 1 rings (SSSR count). The van der Waals surface area contributed by atoms with Crippen molar-refractivity contribution in [2.45, 2.75) is 26.7 Å². The second kappa shape index (κ2) is 8.32. The number of hydrogen-bond acceptors (Lipinski definition) is 3. The summed E-state index contributed by atoms with van der Waals surface area (Å²) in [5.41, 5.74) is 0. The summed E-state index contributed by atoms with van der Waals surface area (Å²) in [5.74, 6) is 0.263. The van der Waals surface area contributed by atoms with Crippen molar-refractivity contribution in [3.8, 4) is 0 Å². The van der Waals surface area contributed by atoms with Gasteiger partial charge in [-0.3, -0.25) is 14.5 Å². The number of rotatable bonds is 5. The van der Waals surface area contributed by atoms with Crippen LogP contribution in [0.5, 0.6) is 0 Å². The monoisotopic (exact) mass is 278 g/mol. The number of nitrogens with one attached hydrogen (secondary N) is 1. The van der Waals surface area contributed by atoms with E-state index in [9.17, 15) is 9.59 Å². The Balaban J connectivity index is 0.00000289. The number of amides is 1. The second-order valence-electron chi connectivity index (χ2n) is 5.03. The van der Waals surface area contributed by atoms with Crippen LogP contribution in [0.4, 0.5) is 0 Å². The minimum atomic E-state index is -1.00. The minimum Gasteiger partial charge on any atom is -0.480 e. The molecule has 18 heavy (non-hydrogen) atoms. The summed E-state index contributed by atoms with van der Waals surface area (Å²) in [4.78, 5) is 23.8. The molecule has 1 amide bonds. The van der Waals surface area contributed by atoms with E-state index in [1.807, 2.05) is 0 Å². The van der Waals surface area contributed by atoms with Crippen molar-refractivity contribution in [1.29, 1.82) is 0 Å². The fraction of sp³-hybridized carbons (Fsp3) is 0.833. The van der Waals surface area contributed by atoms with Gasteiger partial charge in [0.05, 0.1) is 6.54 Å². The second-order valence-corrected chi connectivity index (χ2v) is 5.03. The van der Waals surface area contributed by atoms with E-state index >= 15 is 0 Å². The van der Waals surface area contributed by atoms with Gasteiger partial charge in [0.15, 0.2) is 0 Å². The van der Waals surface area contributed by atoms with Crippen molar-refractivity contribution in [1.82, 2.24) is 10.2 Å². The van der Waals surface area contributed by atoms with Crippen LogP contribution in [0.3, 0.4) is 0 Å². The van der Waals surface area contributed by atoms with E-state index in [-0.39, 0.29) is 24.9 Å². The lowest BCUT2D eigenvalue weighted by Gasteiger charge is -2.33. The molecule has 1 fully saturated rings. The highest BCUT2D eigenvalue weighted by atomic mass is 35.5. The Kier molecular flexibility index (Phi) is 7.95. The molecule has 0 aliphatic carbocycles. The highest BCUT2D eigenvalue weighted by molar-refractivity contribution is 5.85. The maximum Gasteiger partial charge on any atom is 0.322 e. The molecule has 0 spiro atoms. The maximum absolute atomic E-state index is 11.4. The molecule has 2 N–H and O–H groups in total. The number of nitrogens with zero attached hydrogens (tertiary/aromatic N) is 1. The molecule has 6 heteroatoms. The smallest absolute Gasteiger partial charge is 0.322 e. The Morgan fingerprint density at radius 1 is 1.33 bits per heavy atom. The van der Waals surface area contributed by atoms with Crippen molar-refractivity contribution in [2.75, 3.05) is 26.2 Å². The minimum absolute atomic E-state index is 0. The lowest BCUT2D eigenvalue weighted by Crippen LogP contribution is -2.43. The Morgan fingerprint density at radius 3 is 2.33 bits per heavy atom. The molecular formula is C12H23ClN2O3. The number of carbonyl (C=O) groups excluding carboxylic acids is 1. The number of carboxylic acids is 1. The van der Waals surface area contributed by atoms with Crippen molar-refractivity contribution in [3.05, 3.63) is 0 Å². The first-order valence-corrected chi connectivity index (χ1v) is 6.20. The van der Waals surface area contributed by atoms with Gasteiger partial charge < -0.3 is 10.4 Å². The Labute approximate surface area is 114 Å². The molecule has 0 aromatic rings. The summed E-state index contributed by atoms with van der Waals surface area (Å²) in [6.45, 7) is 6.37. The standard InChI is InChI=1S/C12H22N2O3.ClH/c1-9(2)10-3-5-14(6-4-10)8-11(15)13-7-12(16)17;/h9-10H,3-8H2,1-2H3,(H,13,15)(H,16,17);1H. The summed E-state index contributed by atoms with van der Waals surface area (Å²) >= 11 is 0. The Hall–Kier alpha value is -0.810. The Bertz CT molecular complexity index is 276. The molecule has 0 aromatic heterocycles. The predicted molar refractivity (Wildman–Crippen MR) is 71.9 cm³/mol. The van der Waals surface area contributed by atoms with E-state index in [1.165, 1.54) is 0 Å².